The van der Waals surface area contributed by atoms with Crippen LogP contribution in [0, 0.1) is 0 Å². The number of morpholine rings is 1. The molecule has 1 heterocycles. The van der Waals surface area contributed by atoms with Crippen LogP contribution in [0.3, 0.4) is 0 Å². The molecule has 0 saturated carbocycles. The lowest BCUT2D eigenvalue weighted by Gasteiger charge is -2.32. The summed E-state index contributed by atoms with van der Waals surface area (Å²) in [4.78, 5) is 0. The lowest BCUT2D eigenvalue weighted by Crippen LogP contribution is -2.45. The van der Waals surface area contributed by atoms with Crippen LogP contribution in [0.4, 0.5) is 0 Å². The summed E-state index contributed by atoms with van der Waals surface area (Å²) in [5, 5.41) is 0. The van der Waals surface area contributed by atoms with E-state index in [1.54, 1.807) is 0 Å². The maximum absolute atomic E-state index is 5.31. The zero-order valence-electron chi connectivity index (χ0n) is 7.60. The molecule has 1 fully saturated rings. The molecule has 0 bridgehead atoms. The highest BCUT2D eigenvalue weighted by atomic mass is 28.3. The highest BCUT2D eigenvalue weighted by Gasteiger charge is 2.18. The van der Waals surface area contributed by atoms with E-state index in [2.05, 4.69) is 18.4 Å². The molecule has 0 aromatic carbocycles. The van der Waals surface area contributed by atoms with Crippen LogP contribution in [0.1, 0.15) is 13.8 Å². The molecule has 1 rings (SSSR count). The summed E-state index contributed by atoms with van der Waals surface area (Å²) < 4.78 is 7.96. The molecule has 11 heavy (non-hydrogen) atoms. The van der Waals surface area contributed by atoms with Crippen LogP contribution in [0.15, 0.2) is 0 Å². The molecular weight excluding hydrogens is 154 g/mol. The molecule has 0 N–H and O–H groups in total. The van der Waals surface area contributed by atoms with Gasteiger partial charge < -0.3 is 9.30 Å². The van der Waals surface area contributed by atoms with Crippen molar-refractivity contribution in [1.82, 2.24) is 4.57 Å². The van der Waals surface area contributed by atoms with Crippen molar-refractivity contribution in [1.29, 1.82) is 0 Å². The molecule has 0 aromatic rings. The molecule has 1 saturated heterocycles. The van der Waals surface area contributed by atoms with Gasteiger partial charge >= 0.3 is 0 Å². The fourth-order valence-electron chi connectivity index (χ4n) is 1.58. The number of hydrogen-bond donors (Lipinski definition) is 0. The molecule has 0 atom stereocenters. The van der Waals surface area contributed by atoms with E-state index in [-0.39, 0.29) is 8.96 Å². The second-order valence-corrected chi connectivity index (χ2v) is 6.05. The molecule has 0 amide bonds. The van der Waals surface area contributed by atoms with E-state index < -0.39 is 0 Å². The molecule has 2 nitrogen and oxygen atoms in total. The summed E-state index contributed by atoms with van der Waals surface area (Å²) in [5.74, 6) is 0. The van der Waals surface area contributed by atoms with Crippen LogP contribution in [-0.4, -0.2) is 39.8 Å². The Morgan fingerprint density at radius 2 is 1.73 bits per heavy atom. The van der Waals surface area contributed by atoms with Crippen molar-refractivity contribution in [3.63, 3.8) is 0 Å². The van der Waals surface area contributed by atoms with Crippen molar-refractivity contribution in [3.8, 4) is 0 Å². The van der Waals surface area contributed by atoms with Crippen molar-refractivity contribution in [2.75, 3.05) is 26.3 Å². The van der Waals surface area contributed by atoms with Crippen molar-refractivity contribution in [2.45, 2.75) is 25.9 Å². The molecule has 0 aliphatic carbocycles. The van der Waals surface area contributed by atoms with Crippen LogP contribution >= 0.6 is 0 Å². The maximum Gasteiger partial charge on any atom is 0.136 e. The summed E-state index contributed by atoms with van der Waals surface area (Å²) in [5.41, 5.74) is 0. The van der Waals surface area contributed by atoms with E-state index in [1.165, 1.54) is 25.2 Å². The summed E-state index contributed by atoms with van der Waals surface area (Å²) in [7, 11) is -0.171. The summed E-state index contributed by atoms with van der Waals surface area (Å²) in [6.45, 7) is 8.88. The van der Waals surface area contributed by atoms with Gasteiger partial charge in [0.2, 0.25) is 0 Å². The quantitative estimate of drug-likeness (QED) is 0.596. The Morgan fingerprint density at radius 3 is 2.18 bits per heavy atom. The van der Waals surface area contributed by atoms with E-state index in [0.717, 1.165) is 13.2 Å². The Morgan fingerprint density at radius 1 is 1.18 bits per heavy atom. The minimum absolute atomic E-state index is 0.171. The number of ether oxygens (including phenoxy) is 1. The first kappa shape index (κ1) is 9.23. The Labute approximate surface area is 71.2 Å². The monoisotopic (exact) mass is 172 g/mol. The standard InChI is InChI=1S/C8H18NOSi/c1-3-11(4-2)9-5-7-10-8-6-9/h3-8H2,1-2H3. The van der Waals surface area contributed by atoms with Gasteiger partial charge in [-0.1, -0.05) is 13.8 Å². The van der Waals surface area contributed by atoms with Gasteiger partial charge in [0.05, 0.1) is 13.2 Å². The second kappa shape index (κ2) is 4.90. The lowest BCUT2D eigenvalue weighted by molar-refractivity contribution is 0.0705. The highest BCUT2D eigenvalue weighted by Crippen LogP contribution is 2.07. The van der Waals surface area contributed by atoms with Crippen LogP contribution in [0.5, 0.6) is 0 Å². The summed E-state index contributed by atoms with van der Waals surface area (Å²) in [6.07, 6.45) is 0. The fourth-order valence-corrected chi connectivity index (χ4v) is 3.79. The highest BCUT2D eigenvalue weighted by molar-refractivity contribution is 6.55. The van der Waals surface area contributed by atoms with E-state index in [0.29, 0.717) is 0 Å². The molecule has 1 aliphatic rings. The average molecular weight is 172 g/mol. The molecule has 0 spiro atoms. The molecule has 0 aromatic heterocycles. The molecule has 1 radical (unpaired) electrons. The maximum atomic E-state index is 5.31. The first-order valence-corrected chi connectivity index (χ1v) is 6.42. The van der Waals surface area contributed by atoms with Crippen molar-refractivity contribution >= 4 is 8.96 Å². The molecule has 3 heteroatoms. The zero-order chi connectivity index (χ0) is 8.10. The van der Waals surface area contributed by atoms with E-state index in [1.807, 2.05) is 0 Å². The molecule has 65 valence electrons. The Kier molecular flexibility index (Phi) is 4.11. The van der Waals surface area contributed by atoms with Gasteiger partial charge in [0.15, 0.2) is 0 Å². The van der Waals surface area contributed by atoms with Crippen LogP contribution in [0.25, 0.3) is 0 Å². The van der Waals surface area contributed by atoms with Gasteiger partial charge in [-0.2, -0.15) is 0 Å². The van der Waals surface area contributed by atoms with Gasteiger partial charge in [-0.3, -0.25) is 0 Å². The third kappa shape index (κ3) is 2.58. The smallest absolute Gasteiger partial charge is 0.136 e. The van der Waals surface area contributed by atoms with Crippen molar-refractivity contribution in [2.24, 2.45) is 0 Å². The number of nitrogens with zero attached hydrogens (tertiary/aromatic N) is 1. The third-order valence-corrected chi connectivity index (χ3v) is 5.25. The Balaban J connectivity index is 2.30. The normalized spacial score (nSPS) is 21.0. The first-order valence-electron chi connectivity index (χ1n) is 4.55. The molecule has 0 unspecified atom stereocenters. The minimum atomic E-state index is -0.171. The van der Waals surface area contributed by atoms with Crippen molar-refractivity contribution in [3.05, 3.63) is 0 Å². The van der Waals surface area contributed by atoms with Gasteiger partial charge in [0.1, 0.15) is 8.96 Å². The van der Waals surface area contributed by atoms with Crippen LogP contribution in [-0.2, 0) is 4.74 Å². The summed E-state index contributed by atoms with van der Waals surface area (Å²) in [6, 6.07) is 2.75. The Bertz CT molecular complexity index is 100. The van der Waals surface area contributed by atoms with Crippen molar-refractivity contribution < 1.29 is 4.74 Å². The van der Waals surface area contributed by atoms with E-state index in [9.17, 15) is 0 Å². The third-order valence-electron chi connectivity index (χ3n) is 2.27. The van der Waals surface area contributed by atoms with Gasteiger partial charge in [0, 0.05) is 13.1 Å². The van der Waals surface area contributed by atoms with Crippen LogP contribution < -0.4 is 0 Å². The minimum Gasteiger partial charge on any atom is -0.379 e. The van der Waals surface area contributed by atoms with Gasteiger partial charge in [-0.05, 0) is 12.1 Å². The van der Waals surface area contributed by atoms with Gasteiger partial charge in [-0.25, -0.2) is 0 Å². The van der Waals surface area contributed by atoms with E-state index >= 15 is 0 Å². The second-order valence-electron chi connectivity index (χ2n) is 2.87. The van der Waals surface area contributed by atoms with E-state index in [4.69, 9.17) is 4.74 Å². The molecule has 1 aliphatic heterocycles. The summed E-state index contributed by atoms with van der Waals surface area (Å²) >= 11 is 0. The first-order chi connectivity index (χ1) is 5.38. The predicted molar refractivity (Wildman–Crippen MR) is 49.1 cm³/mol. The average Bonchev–Trinajstić information content (AvgIpc) is 2.09. The topological polar surface area (TPSA) is 12.5 Å². The number of hydrogen-bond acceptors (Lipinski definition) is 2. The van der Waals surface area contributed by atoms with Gasteiger partial charge in [-0.15, -0.1) is 0 Å². The predicted octanol–water partition coefficient (Wildman–Crippen LogP) is 1.35. The lowest BCUT2D eigenvalue weighted by atomic mass is 10.5. The SMILES string of the molecule is CC[Si](CC)N1CCOCC1. The van der Waals surface area contributed by atoms with Gasteiger partial charge in [0.25, 0.3) is 0 Å². The molecular formula is C8H18NOSi. The fraction of sp³-hybridized carbons (Fsp3) is 1.00. The largest absolute Gasteiger partial charge is 0.379 e. The van der Waals surface area contributed by atoms with Crippen LogP contribution in [0.2, 0.25) is 12.1 Å². The number of rotatable bonds is 3. The zero-order valence-corrected chi connectivity index (χ0v) is 8.60. The Hall–Kier alpha value is 0.137.